The highest BCUT2D eigenvalue weighted by Gasteiger charge is 2.44. The van der Waals surface area contributed by atoms with Crippen molar-refractivity contribution in [1.29, 1.82) is 0 Å². The first-order valence-corrected chi connectivity index (χ1v) is 10.4. The van der Waals surface area contributed by atoms with Crippen molar-refractivity contribution in [2.24, 2.45) is 5.73 Å². The normalized spacial score (nSPS) is 17.5. The fourth-order valence-corrected chi connectivity index (χ4v) is 3.93. The number of nitrogens with zero attached hydrogens (tertiary/aromatic N) is 2. The van der Waals surface area contributed by atoms with Crippen molar-refractivity contribution in [2.45, 2.75) is 38.4 Å². The summed E-state index contributed by atoms with van der Waals surface area (Å²) in [6.07, 6.45) is 2.20. The van der Waals surface area contributed by atoms with Crippen molar-refractivity contribution < 1.29 is 23.8 Å². The molecule has 1 saturated heterocycles. The molecule has 4 rings (SSSR count). The molecule has 8 heteroatoms. The summed E-state index contributed by atoms with van der Waals surface area (Å²) in [4.78, 5) is 29.4. The number of hydrogen-bond acceptors (Lipinski definition) is 6. The number of carbonyl (C=O) groups excluding carboxylic acids is 2. The van der Waals surface area contributed by atoms with E-state index in [1.165, 1.54) is 4.90 Å². The van der Waals surface area contributed by atoms with Gasteiger partial charge >= 0.3 is 6.03 Å². The first kappa shape index (κ1) is 21.0. The molecule has 164 valence electrons. The Bertz CT molecular complexity index is 947. The number of fused-ring (bicyclic) bond motifs is 1. The van der Waals surface area contributed by atoms with Gasteiger partial charge in [-0.05, 0) is 61.2 Å². The largest absolute Gasteiger partial charge is 0.497 e. The van der Waals surface area contributed by atoms with Crippen molar-refractivity contribution in [3.05, 3.63) is 53.6 Å². The van der Waals surface area contributed by atoms with E-state index in [-0.39, 0.29) is 25.3 Å². The van der Waals surface area contributed by atoms with Crippen LogP contribution in [-0.4, -0.2) is 48.2 Å². The minimum absolute atomic E-state index is 0.173. The van der Waals surface area contributed by atoms with Crippen LogP contribution in [0, 0.1) is 0 Å². The van der Waals surface area contributed by atoms with Crippen LogP contribution in [0.4, 0.5) is 4.79 Å². The number of nitrogens with two attached hydrogens (primary N) is 1. The van der Waals surface area contributed by atoms with Gasteiger partial charge in [-0.1, -0.05) is 18.2 Å². The lowest BCUT2D eigenvalue weighted by atomic mass is 10.1. The molecule has 1 atom stereocenters. The molecular weight excluding hydrogens is 398 g/mol. The maximum absolute atomic E-state index is 13.3. The fourth-order valence-electron chi connectivity index (χ4n) is 3.93. The number of urea groups is 1. The van der Waals surface area contributed by atoms with Gasteiger partial charge in [-0.25, -0.2) is 4.79 Å². The van der Waals surface area contributed by atoms with E-state index in [1.807, 2.05) is 36.4 Å². The Kier molecular flexibility index (Phi) is 6.27. The van der Waals surface area contributed by atoms with Gasteiger partial charge in [0.1, 0.15) is 11.8 Å². The molecule has 2 aromatic rings. The molecule has 2 aliphatic rings. The molecule has 2 N–H and O–H groups in total. The number of unbranched alkanes of at least 4 members (excludes halogenated alkanes) is 1. The summed E-state index contributed by atoms with van der Waals surface area (Å²) in [6.45, 7) is 1.30. The molecule has 0 bridgehead atoms. The number of methoxy groups -OCH3 is 1. The summed E-state index contributed by atoms with van der Waals surface area (Å²) in [5, 5.41) is 0. The van der Waals surface area contributed by atoms with Crippen LogP contribution in [-0.2, 0) is 17.9 Å². The van der Waals surface area contributed by atoms with Gasteiger partial charge < -0.3 is 24.8 Å². The summed E-state index contributed by atoms with van der Waals surface area (Å²) >= 11 is 0. The third-order valence-corrected chi connectivity index (χ3v) is 5.63. The smallest absolute Gasteiger partial charge is 0.328 e. The molecule has 0 radical (unpaired) electrons. The summed E-state index contributed by atoms with van der Waals surface area (Å²) in [5.74, 6) is 1.87. The molecule has 2 heterocycles. The minimum atomic E-state index is -0.491. The zero-order valence-corrected chi connectivity index (χ0v) is 17.6. The highest BCUT2D eigenvalue weighted by molar-refractivity contribution is 6.04. The molecule has 31 heavy (non-hydrogen) atoms. The van der Waals surface area contributed by atoms with Crippen molar-refractivity contribution in [3.8, 4) is 17.2 Å². The van der Waals surface area contributed by atoms with Crippen LogP contribution in [0.15, 0.2) is 42.5 Å². The molecule has 8 nitrogen and oxygen atoms in total. The zero-order valence-electron chi connectivity index (χ0n) is 17.6. The third-order valence-electron chi connectivity index (χ3n) is 5.63. The lowest BCUT2D eigenvalue weighted by Gasteiger charge is -2.22. The lowest BCUT2D eigenvalue weighted by Crippen LogP contribution is -2.34. The quantitative estimate of drug-likeness (QED) is 0.490. The molecular formula is C23H27N3O5. The van der Waals surface area contributed by atoms with Crippen LogP contribution >= 0.6 is 0 Å². The first-order chi connectivity index (χ1) is 15.1. The number of benzene rings is 2. The van der Waals surface area contributed by atoms with Crippen molar-refractivity contribution in [1.82, 2.24) is 9.80 Å². The van der Waals surface area contributed by atoms with Crippen molar-refractivity contribution in [2.75, 3.05) is 20.4 Å². The number of amides is 3. The molecule has 0 saturated carbocycles. The van der Waals surface area contributed by atoms with Crippen LogP contribution in [0.5, 0.6) is 17.2 Å². The minimum Gasteiger partial charge on any atom is -0.497 e. The van der Waals surface area contributed by atoms with E-state index in [4.69, 9.17) is 19.9 Å². The molecule has 3 amide bonds. The Morgan fingerprint density at radius 1 is 1.00 bits per heavy atom. The first-order valence-electron chi connectivity index (χ1n) is 10.4. The molecule has 0 aliphatic carbocycles. The Morgan fingerprint density at radius 3 is 2.48 bits per heavy atom. The predicted molar refractivity (Wildman–Crippen MR) is 114 cm³/mol. The molecule has 2 aromatic carbocycles. The highest BCUT2D eigenvalue weighted by atomic mass is 16.7. The van der Waals surface area contributed by atoms with Gasteiger partial charge in [0.25, 0.3) is 5.91 Å². The number of hydrogen-bond donors (Lipinski definition) is 1. The van der Waals surface area contributed by atoms with E-state index < -0.39 is 6.04 Å². The van der Waals surface area contributed by atoms with Gasteiger partial charge in [0, 0.05) is 6.54 Å². The topological polar surface area (TPSA) is 94.3 Å². The van der Waals surface area contributed by atoms with Gasteiger partial charge in [-0.3, -0.25) is 9.69 Å². The van der Waals surface area contributed by atoms with Crippen LogP contribution in [0.1, 0.15) is 30.4 Å². The van der Waals surface area contributed by atoms with E-state index in [0.29, 0.717) is 31.0 Å². The number of ether oxygens (including phenoxy) is 3. The van der Waals surface area contributed by atoms with Crippen LogP contribution < -0.4 is 19.9 Å². The standard InChI is InChI=1S/C23H27N3O5/c1-29-18-8-5-16(6-9-18)13-25-19(4-2-3-11-24)22(27)26(23(25)28)14-17-7-10-20-21(12-17)31-15-30-20/h5-10,12,19H,2-4,11,13-15,24H2,1H3/t19-/m0/s1. The second kappa shape index (κ2) is 9.26. The second-order valence-corrected chi connectivity index (χ2v) is 7.67. The maximum Gasteiger partial charge on any atom is 0.328 e. The predicted octanol–water partition coefficient (Wildman–Crippen LogP) is 2.89. The maximum atomic E-state index is 13.3. The number of carbonyl (C=O) groups is 2. The van der Waals surface area contributed by atoms with E-state index in [2.05, 4.69) is 0 Å². The van der Waals surface area contributed by atoms with Gasteiger partial charge in [0.05, 0.1) is 13.7 Å². The highest BCUT2D eigenvalue weighted by Crippen LogP contribution is 2.34. The van der Waals surface area contributed by atoms with Gasteiger partial charge in [-0.15, -0.1) is 0 Å². The third kappa shape index (κ3) is 4.44. The Morgan fingerprint density at radius 2 is 1.74 bits per heavy atom. The SMILES string of the molecule is COc1ccc(CN2C(=O)N(Cc3ccc4c(c3)OCO4)C(=O)[C@@H]2CCCCN)cc1. The number of imide groups is 1. The number of rotatable bonds is 9. The summed E-state index contributed by atoms with van der Waals surface area (Å²) in [6, 6.07) is 12.2. The zero-order chi connectivity index (χ0) is 21.8. The molecule has 0 aromatic heterocycles. The van der Waals surface area contributed by atoms with Crippen LogP contribution in [0.25, 0.3) is 0 Å². The molecule has 2 aliphatic heterocycles. The summed E-state index contributed by atoms with van der Waals surface area (Å²) in [7, 11) is 1.61. The van der Waals surface area contributed by atoms with Crippen molar-refractivity contribution >= 4 is 11.9 Å². The van der Waals surface area contributed by atoms with E-state index in [0.717, 1.165) is 29.7 Å². The van der Waals surface area contributed by atoms with E-state index in [1.54, 1.807) is 18.1 Å². The fraction of sp³-hybridized carbons (Fsp3) is 0.391. The van der Waals surface area contributed by atoms with E-state index in [9.17, 15) is 9.59 Å². The van der Waals surface area contributed by atoms with E-state index >= 15 is 0 Å². The molecule has 0 spiro atoms. The Hall–Kier alpha value is -3.26. The molecule has 1 fully saturated rings. The summed E-state index contributed by atoms with van der Waals surface area (Å²) < 4.78 is 16.0. The second-order valence-electron chi connectivity index (χ2n) is 7.67. The Balaban J connectivity index is 1.53. The van der Waals surface area contributed by atoms with Gasteiger partial charge in [-0.2, -0.15) is 0 Å². The van der Waals surface area contributed by atoms with Crippen LogP contribution in [0.2, 0.25) is 0 Å². The van der Waals surface area contributed by atoms with Crippen LogP contribution in [0.3, 0.4) is 0 Å². The van der Waals surface area contributed by atoms with Crippen molar-refractivity contribution in [3.63, 3.8) is 0 Å². The van der Waals surface area contributed by atoms with Gasteiger partial charge in [0.2, 0.25) is 6.79 Å². The Labute approximate surface area is 181 Å². The van der Waals surface area contributed by atoms with Gasteiger partial charge in [0.15, 0.2) is 11.5 Å². The average molecular weight is 425 g/mol. The monoisotopic (exact) mass is 425 g/mol. The lowest BCUT2D eigenvalue weighted by molar-refractivity contribution is -0.129. The molecule has 0 unspecified atom stereocenters. The summed E-state index contributed by atoms with van der Waals surface area (Å²) in [5.41, 5.74) is 7.38. The average Bonchev–Trinajstić information content (AvgIpc) is 3.34.